The van der Waals surface area contributed by atoms with Gasteiger partial charge in [-0.3, -0.25) is 9.59 Å². The zero-order valence-electron chi connectivity index (χ0n) is 17.9. The number of hydrogen-bond acceptors (Lipinski definition) is 3. The second kappa shape index (κ2) is 8.77. The molecule has 2 aromatic heterocycles. The molecule has 0 saturated heterocycles. The van der Waals surface area contributed by atoms with E-state index in [0.717, 1.165) is 16.8 Å². The van der Waals surface area contributed by atoms with Crippen molar-refractivity contribution in [3.8, 4) is 0 Å². The van der Waals surface area contributed by atoms with Crippen molar-refractivity contribution in [3.63, 3.8) is 0 Å². The Labute approximate surface area is 190 Å². The van der Waals surface area contributed by atoms with Crippen LogP contribution in [0.4, 0.5) is 17.6 Å². The summed E-state index contributed by atoms with van der Waals surface area (Å²) < 4.78 is 55.0. The number of halogens is 4. The molecule has 4 rings (SSSR count). The lowest BCUT2D eigenvalue weighted by Gasteiger charge is -2.10. The molecule has 0 amide bonds. The van der Waals surface area contributed by atoms with Crippen LogP contribution in [0, 0.1) is 12.7 Å². The van der Waals surface area contributed by atoms with E-state index in [1.54, 1.807) is 11.5 Å². The van der Waals surface area contributed by atoms with Gasteiger partial charge in [0.1, 0.15) is 12.4 Å². The first-order chi connectivity index (χ1) is 16.0. The molecule has 1 N–H and O–H groups in total. The number of benzene rings is 2. The number of nitrogens with zero attached hydrogens (tertiary/aromatic N) is 3. The second-order valence-electron chi connectivity index (χ2n) is 7.90. The van der Waals surface area contributed by atoms with Crippen molar-refractivity contribution in [1.29, 1.82) is 0 Å². The molecule has 0 spiro atoms. The molecule has 10 heteroatoms. The van der Waals surface area contributed by atoms with Gasteiger partial charge in [-0.1, -0.05) is 12.1 Å². The molecule has 0 aliphatic rings. The van der Waals surface area contributed by atoms with Crippen molar-refractivity contribution in [3.05, 3.63) is 98.8 Å². The van der Waals surface area contributed by atoms with Gasteiger partial charge in [-0.15, -0.1) is 0 Å². The molecule has 2 aromatic carbocycles. The molecular weight excluding hydrogens is 454 g/mol. The molecule has 0 aliphatic carbocycles. The molecule has 0 saturated carbocycles. The van der Waals surface area contributed by atoms with E-state index in [4.69, 9.17) is 0 Å². The fourth-order valence-corrected chi connectivity index (χ4v) is 3.94. The zero-order chi connectivity index (χ0) is 24.6. The van der Waals surface area contributed by atoms with Crippen LogP contribution in [0.2, 0.25) is 0 Å². The Hall–Kier alpha value is -3.95. The van der Waals surface area contributed by atoms with E-state index in [1.165, 1.54) is 42.5 Å². The van der Waals surface area contributed by atoms with Crippen LogP contribution in [0.5, 0.6) is 0 Å². The Kier molecular flexibility index (Phi) is 5.99. The van der Waals surface area contributed by atoms with Gasteiger partial charge >= 0.3 is 12.1 Å². The normalized spacial score (nSPS) is 11.8. The van der Waals surface area contributed by atoms with E-state index >= 15 is 0 Å². The molecule has 2 heterocycles. The Morgan fingerprint density at radius 3 is 2.41 bits per heavy atom. The minimum atomic E-state index is -4.45. The molecule has 176 valence electrons. The first kappa shape index (κ1) is 23.2. The summed E-state index contributed by atoms with van der Waals surface area (Å²) in [6.45, 7) is 1.41. The third-order valence-electron chi connectivity index (χ3n) is 5.60. The topological polar surface area (TPSA) is 77.1 Å². The number of fused-ring (bicyclic) bond motifs is 1. The van der Waals surface area contributed by atoms with Gasteiger partial charge in [0.05, 0.1) is 17.8 Å². The van der Waals surface area contributed by atoms with Crippen LogP contribution in [0.1, 0.15) is 28.1 Å². The van der Waals surface area contributed by atoms with E-state index in [-0.39, 0.29) is 19.5 Å². The monoisotopic (exact) mass is 473 g/mol. The van der Waals surface area contributed by atoms with E-state index in [2.05, 4.69) is 5.10 Å². The van der Waals surface area contributed by atoms with Crippen molar-refractivity contribution in [1.82, 2.24) is 14.3 Å². The van der Waals surface area contributed by atoms with Gasteiger partial charge in [0.15, 0.2) is 0 Å². The van der Waals surface area contributed by atoms with Crippen molar-refractivity contribution in [2.75, 3.05) is 0 Å². The highest BCUT2D eigenvalue weighted by molar-refractivity contribution is 5.87. The van der Waals surface area contributed by atoms with Crippen LogP contribution in [-0.4, -0.2) is 25.4 Å². The minimum absolute atomic E-state index is 0.0286. The number of alkyl halides is 3. The first-order valence-corrected chi connectivity index (χ1v) is 10.2. The number of hydrogen-bond donors (Lipinski definition) is 1. The van der Waals surface area contributed by atoms with E-state index in [9.17, 15) is 32.3 Å². The standard InChI is InChI=1S/C24H19F4N3O3/c1-14-19(20-10-17(25)6-8-21(20)30(14)13-23(33)34)11-18-7-9-22(32)31(29-18)12-15-2-4-16(5-3-15)24(26,27)28/h2-10H,11-13H2,1H3,(H,33,34). The lowest BCUT2D eigenvalue weighted by molar-refractivity contribution is -0.138. The average Bonchev–Trinajstić information content (AvgIpc) is 3.00. The fraction of sp³-hybridized carbons (Fsp3) is 0.208. The molecule has 0 aliphatic heterocycles. The molecule has 6 nitrogen and oxygen atoms in total. The SMILES string of the molecule is Cc1c(Cc2ccc(=O)n(Cc3ccc(C(F)(F)F)cc3)n2)c2cc(F)ccc2n1CC(=O)O. The fourth-order valence-electron chi connectivity index (χ4n) is 3.94. The highest BCUT2D eigenvalue weighted by atomic mass is 19.4. The molecule has 0 fully saturated rings. The number of aromatic nitrogens is 3. The maximum atomic E-state index is 14.0. The Balaban J connectivity index is 1.68. The predicted octanol–water partition coefficient (Wildman–Crippen LogP) is 4.39. The molecule has 0 radical (unpaired) electrons. The van der Waals surface area contributed by atoms with Crippen LogP contribution in [0.3, 0.4) is 0 Å². The van der Waals surface area contributed by atoms with Crippen LogP contribution < -0.4 is 5.56 Å². The van der Waals surface area contributed by atoms with Gasteiger partial charge in [-0.2, -0.15) is 18.3 Å². The van der Waals surface area contributed by atoms with Crippen LogP contribution in [0.15, 0.2) is 59.4 Å². The van der Waals surface area contributed by atoms with E-state index in [1.807, 2.05) is 0 Å². The molecule has 0 unspecified atom stereocenters. The largest absolute Gasteiger partial charge is 0.480 e. The zero-order valence-corrected chi connectivity index (χ0v) is 17.9. The number of aliphatic carboxylic acids is 1. The van der Waals surface area contributed by atoms with Crippen LogP contribution in [0.25, 0.3) is 10.9 Å². The van der Waals surface area contributed by atoms with Gasteiger partial charge in [0, 0.05) is 29.1 Å². The minimum Gasteiger partial charge on any atom is -0.480 e. The van der Waals surface area contributed by atoms with Gasteiger partial charge in [-0.05, 0) is 54.4 Å². The highest BCUT2D eigenvalue weighted by Gasteiger charge is 2.30. The highest BCUT2D eigenvalue weighted by Crippen LogP contribution is 2.30. The smallest absolute Gasteiger partial charge is 0.416 e. The molecule has 34 heavy (non-hydrogen) atoms. The second-order valence-corrected chi connectivity index (χ2v) is 7.90. The third kappa shape index (κ3) is 4.70. The summed E-state index contributed by atoms with van der Waals surface area (Å²) in [6, 6.07) is 11.4. The predicted molar refractivity (Wildman–Crippen MR) is 116 cm³/mol. The lowest BCUT2D eigenvalue weighted by atomic mass is 10.1. The molecular formula is C24H19F4N3O3. The number of carbonyl (C=O) groups is 1. The van der Waals surface area contributed by atoms with Crippen molar-refractivity contribution < 1.29 is 27.5 Å². The van der Waals surface area contributed by atoms with Gasteiger partial charge in [0.25, 0.3) is 5.56 Å². The van der Waals surface area contributed by atoms with Gasteiger partial charge in [0.2, 0.25) is 0 Å². The summed E-state index contributed by atoms with van der Waals surface area (Å²) >= 11 is 0. The van der Waals surface area contributed by atoms with E-state index in [0.29, 0.717) is 33.4 Å². The van der Waals surface area contributed by atoms with Crippen molar-refractivity contribution in [2.24, 2.45) is 0 Å². The van der Waals surface area contributed by atoms with E-state index < -0.39 is 29.1 Å². The first-order valence-electron chi connectivity index (χ1n) is 10.2. The third-order valence-corrected chi connectivity index (χ3v) is 5.60. The van der Waals surface area contributed by atoms with Gasteiger partial charge < -0.3 is 9.67 Å². The summed E-state index contributed by atoms with van der Waals surface area (Å²) in [5, 5.41) is 14.1. The maximum Gasteiger partial charge on any atom is 0.416 e. The summed E-state index contributed by atoms with van der Waals surface area (Å²) in [7, 11) is 0. The summed E-state index contributed by atoms with van der Waals surface area (Å²) in [5.41, 5.74) is 1.58. The number of carboxylic acid groups (broad SMARTS) is 1. The lowest BCUT2D eigenvalue weighted by Crippen LogP contribution is -2.23. The summed E-state index contributed by atoms with van der Waals surface area (Å²) in [4.78, 5) is 23.6. The molecule has 0 bridgehead atoms. The molecule has 4 aromatic rings. The summed E-state index contributed by atoms with van der Waals surface area (Å²) in [6.07, 6.45) is -4.25. The maximum absolute atomic E-state index is 14.0. The Morgan fingerprint density at radius 2 is 1.76 bits per heavy atom. The Morgan fingerprint density at radius 1 is 1.06 bits per heavy atom. The number of rotatable bonds is 6. The van der Waals surface area contributed by atoms with Crippen LogP contribution in [-0.2, 0) is 30.5 Å². The van der Waals surface area contributed by atoms with Crippen LogP contribution >= 0.6 is 0 Å². The average molecular weight is 473 g/mol. The van der Waals surface area contributed by atoms with Gasteiger partial charge in [-0.25, -0.2) is 9.07 Å². The van der Waals surface area contributed by atoms with Crippen molar-refractivity contribution >= 4 is 16.9 Å². The summed E-state index contributed by atoms with van der Waals surface area (Å²) in [5.74, 6) is -1.51. The Bertz CT molecular complexity index is 1440. The quantitative estimate of drug-likeness (QED) is 0.422. The van der Waals surface area contributed by atoms with Crippen molar-refractivity contribution in [2.45, 2.75) is 32.6 Å². The molecule has 0 atom stereocenters. The number of carboxylic acids is 1.